The van der Waals surface area contributed by atoms with Crippen LogP contribution < -0.4 is 20.5 Å². The van der Waals surface area contributed by atoms with Crippen molar-refractivity contribution in [3.63, 3.8) is 0 Å². The molecule has 2 fully saturated rings. The van der Waals surface area contributed by atoms with E-state index in [1.54, 1.807) is 14.0 Å². The molecule has 1 aliphatic heterocycles. The lowest BCUT2D eigenvalue weighted by Crippen LogP contribution is -2.44. The number of hydrogen-bond acceptors (Lipinski definition) is 8. The molecule has 10 heteroatoms. The molecule has 3 heterocycles. The zero-order valence-electron chi connectivity index (χ0n) is 16.5. The van der Waals surface area contributed by atoms with Gasteiger partial charge in [-0.15, -0.1) is 0 Å². The highest BCUT2D eigenvalue weighted by Crippen LogP contribution is 2.41. The third kappa shape index (κ3) is 3.01. The third-order valence-electron chi connectivity index (χ3n) is 5.28. The second-order valence-corrected chi connectivity index (χ2v) is 7.14. The SMILES string of the molecule is CCOC(=O)C1(Oc2nc3nc(N4CCNCC4)n(CC)c3c(=O)n2C)CC1. The zero-order chi connectivity index (χ0) is 19.9. The van der Waals surface area contributed by atoms with Gasteiger partial charge in [0.05, 0.1) is 6.61 Å². The van der Waals surface area contributed by atoms with Crippen molar-refractivity contribution in [3.8, 4) is 6.01 Å². The Hall–Kier alpha value is -2.62. The molecule has 1 N–H and O–H groups in total. The van der Waals surface area contributed by atoms with Crippen LogP contribution in [0, 0.1) is 0 Å². The van der Waals surface area contributed by atoms with Gasteiger partial charge in [0.25, 0.3) is 5.56 Å². The van der Waals surface area contributed by atoms with Gasteiger partial charge in [-0.05, 0) is 13.8 Å². The molecule has 1 saturated carbocycles. The summed E-state index contributed by atoms with van der Waals surface area (Å²) >= 11 is 0. The lowest BCUT2D eigenvalue weighted by Gasteiger charge is -2.28. The Morgan fingerprint density at radius 1 is 1.21 bits per heavy atom. The smallest absolute Gasteiger partial charge is 0.350 e. The van der Waals surface area contributed by atoms with E-state index in [9.17, 15) is 9.59 Å². The van der Waals surface area contributed by atoms with Gasteiger partial charge in [-0.3, -0.25) is 9.36 Å². The summed E-state index contributed by atoms with van der Waals surface area (Å²) in [6.07, 6.45) is 1.10. The van der Waals surface area contributed by atoms with Gasteiger partial charge in [0.2, 0.25) is 11.5 Å². The first-order valence-corrected chi connectivity index (χ1v) is 9.80. The summed E-state index contributed by atoms with van der Waals surface area (Å²) in [5.41, 5.74) is -0.481. The maximum Gasteiger partial charge on any atom is 0.350 e. The Labute approximate surface area is 162 Å². The summed E-state index contributed by atoms with van der Waals surface area (Å²) < 4.78 is 14.2. The van der Waals surface area contributed by atoms with E-state index in [1.807, 2.05) is 11.5 Å². The number of esters is 1. The molecule has 0 aromatic carbocycles. The van der Waals surface area contributed by atoms with Crippen LogP contribution >= 0.6 is 0 Å². The maximum atomic E-state index is 13.1. The van der Waals surface area contributed by atoms with Gasteiger partial charge in [-0.2, -0.15) is 9.97 Å². The number of piperazine rings is 1. The Morgan fingerprint density at radius 2 is 1.93 bits per heavy atom. The summed E-state index contributed by atoms with van der Waals surface area (Å²) in [7, 11) is 1.60. The van der Waals surface area contributed by atoms with Crippen molar-refractivity contribution < 1.29 is 14.3 Å². The minimum Gasteiger partial charge on any atom is -0.463 e. The first kappa shape index (κ1) is 18.7. The number of carbonyl (C=O) groups excluding carboxylic acids is 1. The number of nitrogens with zero attached hydrogens (tertiary/aromatic N) is 5. The van der Waals surface area contributed by atoms with Gasteiger partial charge in [0, 0.05) is 52.6 Å². The minimum absolute atomic E-state index is 0.0932. The topological polar surface area (TPSA) is 104 Å². The minimum atomic E-state index is -1.03. The third-order valence-corrected chi connectivity index (χ3v) is 5.28. The van der Waals surface area contributed by atoms with E-state index in [-0.39, 0.29) is 18.2 Å². The highest BCUT2D eigenvalue weighted by molar-refractivity contribution is 5.83. The molecule has 0 radical (unpaired) electrons. The second-order valence-electron chi connectivity index (χ2n) is 7.14. The van der Waals surface area contributed by atoms with Crippen LogP contribution in [0.3, 0.4) is 0 Å². The Bertz CT molecular complexity index is 955. The molecule has 0 bridgehead atoms. The van der Waals surface area contributed by atoms with Crippen molar-refractivity contribution in [2.75, 3.05) is 37.7 Å². The summed E-state index contributed by atoms with van der Waals surface area (Å²) in [5.74, 6) is 0.331. The number of carbonyl (C=O) groups is 1. The van der Waals surface area contributed by atoms with Crippen molar-refractivity contribution in [1.82, 2.24) is 24.4 Å². The Balaban J connectivity index is 1.75. The molecule has 10 nitrogen and oxygen atoms in total. The van der Waals surface area contributed by atoms with E-state index < -0.39 is 11.6 Å². The monoisotopic (exact) mass is 390 g/mol. The van der Waals surface area contributed by atoms with Gasteiger partial charge >= 0.3 is 12.0 Å². The molecular weight excluding hydrogens is 364 g/mol. The average molecular weight is 390 g/mol. The summed E-state index contributed by atoms with van der Waals surface area (Å²) in [4.78, 5) is 36.6. The van der Waals surface area contributed by atoms with E-state index in [0.717, 1.165) is 32.1 Å². The van der Waals surface area contributed by atoms with Gasteiger partial charge < -0.3 is 24.3 Å². The van der Waals surface area contributed by atoms with Gasteiger partial charge in [-0.25, -0.2) is 4.79 Å². The number of rotatable bonds is 6. The number of ether oxygens (including phenoxy) is 2. The van der Waals surface area contributed by atoms with Crippen LogP contribution in [0.4, 0.5) is 5.95 Å². The van der Waals surface area contributed by atoms with E-state index in [0.29, 0.717) is 30.6 Å². The summed E-state index contributed by atoms with van der Waals surface area (Å²) in [5, 5.41) is 3.31. The predicted molar refractivity (Wildman–Crippen MR) is 103 cm³/mol. The van der Waals surface area contributed by atoms with E-state index in [4.69, 9.17) is 9.47 Å². The Kier molecular flexibility index (Phi) is 4.74. The van der Waals surface area contributed by atoms with Crippen molar-refractivity contribution in [2.45, 2.75) is 38.8 Å². The van der Waals surface area contributed by atoms with Crippen molar-refractivity contribution in [1.29, 1.82) is 0 Å². The van der Waals surface area contributed by atoms with Crippen LogP contribution in [0.25, 0.3) is 11.2 Å². The van der Waals surface area contributed by atoms with Crippen LogP contribution in [0.1, 0.15) is 26.7 Å². The molecule has 152 valence electrons. The molecule has 28 heavy (non-hydrogen) atoms. The fourth-order valence-corrected chi connectivity index (χ4v) is 3.52. The fourth-order valence-electron chi connectivity index (χ4n) is 3.52. The quantitative estimate of drug-likeness (QED) is 0.690. The average Bonchev–Trinajstić information content (AvgIpc) is 3.39. The summed E-state index contributed by atoms with van der Waals surface area (Å²) in [6.45, 7) is 8.01. The number of aryl methyl sites for hydroxylation is 1. The maximum absolute atomic E-state index is 13.1. The van der Waals surface area contributed by atoms with Crippen LogP contribution in [-0.4, -0.2) is 63.5 Å². The molecule has 0 unspecified atom stereocenters. The van der Waals surface area contributed by atoms with Gasteiger partial charge in [0.15, 0.2) is 11.2 Å². The molecule has 0 atom stereocenters. The van der Waals surface area contributed by atoms with E-state index >= 15 is 0 Å². The molecule has 0 spiro atoms. The van der Waals surface area contributed by atoms with Gasteiger partial charge in [0.1, 0.15) is 0 Å². The molecule has 2 aliphatic rings. The van der Waals surface area contributed by atoms with Crippen molar-refractivity contribution >= 4 is 23.1 Å². The Morgan fingerprint density at radius 3 is 2.54 bits per heavy atom. The number of nitrogens with one attached hydrogen (secondary N) is 1. The highest BCUT2D eigenvalue weighted by atomic mass is 16.6. The number of aromatic nitrogens is 4. The van der Waals surface area contributed by atoms with Crippen LogP contribution in [-0.2, 0) is 23.1 Å². The van der Waals surface area contributed by atoms with Crippen LogP contribution in [0.2, 0.25) is 0 Å². The van der Waals surface area contributed by atoms with E-state index in [2.05, 4.69) is 20.2 Å². The number of hydrogen-bond donors (Lipinski definition) is 1. The molecular formula is C18H26N6O4. The lowest BCUT2D eigenvalue weighted by molar-refractivity contribution is -0.154. The molecule has 2 aromatic rings. The molecule has 0 amide bonds. The van der Waals surface area contributed by atoms with Crippen LogP contribution in [0.15, 0.2) is 4.79 Å². The van der Waals surface area contributed by atoms with E-state index in [1.165, 1.54) is 4.57 Å². The fraction of sp³-hybridized carbons (Fsp3) is 0.667. The summed E-state index contributed by atoms with van der Waals surface area (Å²) in [6, 6.07) is 0.0932. The largest absolute Gasteiger partial charge is 0.463 e. The predicted octanol–water partition coefficient (Wildman–Crippen LogP) is 0.0340. The highest BCUT2D eigenvalue weighted by Gasteiger charge is 2.55. The first-order chi connectivity index (χ1) is 13.5. The lowest BCUT2D eigenvalue weighted by atomic mass is 10.3. The molecule has 2 aromatic heterocycles. The molecule has 1 aliphatic carbocycles. The number of anilines is 1. The number of imidazole rings is 1. The standard InChI is InChI=1S/C18H26N6O4/c1-4-24-12-13(20-16(24)23-10-8-19-9-11-23)21-17(22(3)14(12)25)28-18(6-7-18)15(26)27-5-2/h19H,4-11H2,1-3H3. The van der Waals surface area contributed by atoms with Crippen LogP contribution in [0.5, 0.6) is 6.01 Å². The van der Waals surface area contributed by atoms with Gasteiger partial charge in [-0.1, -0.05) is 0 Å². The normalized spacial score (nSPS) is 18.3. The molecule has 4 rings (SSSR count). The van der Waals surface area contributed by atoms with Crippen molar-refractivity contribution in [3.05, 3.63) is 10.4 Å². The first-order valence-electron chi connectivity index (χ1n) is 9.80. The number of fused-ring (bicyclic) bond motifs is 1. The molecule has 1 saturated heterocycles. The second kappa shape index (κ2) is 7.08. The van der Waals surface area contributed by atoms with Crippen molar-refractivity contribution in [2.24, 2.45) is 7.05 Å². The zero-order valence-corrected chi connectivity index (χ0v) is 16.5.